The van der Waals surface area contributed by atoms with Gasteiger partial charge >= 0.3 is 5.97 Å². The molecule has 7 heteroatoms. The van der Waals surface area contributed by atoms with Crippen LogP contribution < -0.4 is 10.2 Å². The number of rotatable bonds is 6. The fourth-order valence-corrected chi connectivity index (χ4v) is 1.51. The van der Waals surface area contributed by atoms with Crippen LogP contribution in [0.5, 0.6) is 5.75 Å². The Hall–Kier alpha value is -1.79. The smallest absolute Gasteiger partial charge is 0.322 e. The summed E-state index contributed by atoms with van der Waals surface area (Å²) in [6, 6.07) is 5.56. The summed E-state index contributed by atoms with van der Waals surface area (Å²) in [6.45, 7) is -0.455. The van der Waals surface area contributed by atoms with Crippen molar-refractivity contribution >= 4 is 23.7 Å². The minimum Gasteiger partial charge on any atom is -0.508 e. The van der Waals surface area contributed by atoms with Gasteiger partial charge in [-0.2, -0.15) is 0 Å². The molecule has 0 aliphatic heterocycles. The van der Waals surface area contributed by atoms with Crippen LogP contribution in [-0.2, 0) is 16.0 Å². The molecular weight excluding hydrogens is 260 g/mol. The average molecular weight is 273 g/mol. The molecule has 4 N–H and O–H groups in total. The van der Waals surface area contributed by atoms with Crippen molar-refractivity contribution < 1.29 is 19.8 Å². The number of carboxylic acids is 1. The molecule has 0 unspecified atom stereocenters. The third-order valence-corrected chi connectivity index (χ3v) is 2.50. The quantitative estimate of drug-likeness (QED) is 0.557. The molecule has 1 aromatic rings. The minimum absolute atomic E-state index is 0.129. The number of halogens is 1. The van der Waals surface area contributed by atoms with Crippen molar-refractivity contribution in [1.82, 2.24) is 10.2 Å². The number of phenolic OH excluding ortho intramolecular Hbond substituents is 1. The molecule has 0 saturated carbocycles. The zero-order chi connectivity index (χ0) is 13.5. The number of phenols is 1. The minimum atomic E-state index is -1.12. The Kier molecular flexibility index (Phi) is 5.41. The van der Waals surface area contributed by atoms with Gasteiger partial charge < -0.3 is 15.5 Å². The lowest BCUT2D eigenvalue weighted by molar-refractivity contribution is -0.138. The molecular formula is C11H13ClN2O4. The van der Waals surface area contributed by atoms with Gasteiger partial charge in [-0.15, -0.1) is 0 Å². The largest absolute Gasteiger partial charge is 0.508 e. The summed E-state index contributed by atoms with van der Waals surface area (Å²) in [6.07, 6.45) is 0.287. The summed E-state index contributed by atoms with van der Waals surface area (Å²) in [5, 5.41) is 19.8. The van der Waals surface area contributed by atoms with E-state index in [1.807, 2.05) is 0 Å². The van der Waals surface area contributed by atoms with Crippen LogP contribution in [0.25, 0.3) is 0 Å². The zero-order valence-corrected chi connectivity index (χ0v) is 10.1. The van der Waals surface area contributed by atoms with E-state index in [1.54, 1.807) is 12.1 Å². The number of aromatic hydroxyl groups is 1. The number of carboxylic acid groups (broad SMARTS) is 1. The number of nitrogens with one attached hydrogen (secondary N) is 2. The third-order valence-electron chi connectivity index (χ3n) is 2.24. The van der Waals surface area contributed by atoms with Gasteiger partial charge in [0.2, 0.25) is 5.91 Å². The van der Waals surface area contributed by atoms with Crippen LogP contribution in [0.2, 0.25) is 0 Å². The maximum atomic E-state index is 11.6. The van der Waals surface area contributed by atoms with Gasteiger partial charge in [0.1, 0.15) is 18.3 Å². The van der Waals surface area contributed by atoms with Crippen LogP contribution in [-0.4, -0.2) is 34.7 Å². The van der Waals surface area contributed by atoms with Crippen LogP contribution in [0.4, 0.5) is 0 Å². The molecule has 0 spiro atoms. The van der Waals surface area contributed by atoms with E-state index in [0.717, 1.165) is 5.56 Å². The maximum absolute atomic E-state index is 11.6. The van der Waals surface area contributed by atoms with E-state index < -0.39 is 24.5 Å². The topological polar surface area (TPSA) is 98.7 Å². The van der Waals surface area contributed by atoms with Gasteiger partial charge in [-0.3, -0.25) is 9.59 Å². The summed E-state index contributed by atoms with van der Waals surface area (Å²) < 4.78 is 0. The standard InChI is InChI=1S/C11H13ClN2O4/c12-14-9(11(18)13-6-10(16)17)5-7-1-3-8(15)4-2-7/h1-4,9,14-15H,5-6H2,(H,13,18)(H,16,17)/t9-/m0/s1. The monoisotopic (exact) mass is 272 g/mol. The fraction of sp³-hybridized carbons (Fsp3) is 0.273. The first-order chi connectivity index (χ1) is 8.52. The zero-order valence-electron chi connectivity index (χ0n) is 9.39. The predicted octanol–water partition coefficient (Wildman–Crippen LogP) is 0.248. The highest BCUT2D eigenvalue weighted by Gasteiger charge is 2.18. The summed E-state index contributed by atoms with van der Waals surface area (Å²) in [4.78, 5) is 24.2. The number of benzene rings is 1. The molecule has 6 nitrogen and oxygen atoms in total. The highest BCUT2D eigenvalue weighted by Crippen LogP contribution is 2.11. The van der Waals surface area contributed by atoms with Crippen molar-refractivity contribution in [3.05, 3.63) is 29.8 Å². The molecule has 0 aromatic heterocycles. The first kappa shape index (κ1) is 14.3. The molecule has 0 radical (unpaired) electrons. The van der Waals surface area contributed by atoms with Crippen molar-refractivity contribution in [1.29, 1.82) is 0 Å². The number of amides is 1. The van der Waals surface area contributed by atoms with Crippen molar-refractivity contribution in [3.63, 3.8) is 0 Å². The molecule has 1 aromatic carbocycles. The highest BCUT2D eigenvalue weighted by atomic mass is 35.5. The van der Waals surface area contributed by atoms with Crippen molar-refractivity contribution in [3.8, 4) is 5.75 Å². The number of hydrogen-bond donors (Lipinski definition) is 4. The van der Waals surface area contributed by atoms with E-state index in [-0.39, 0.29) is 12.2 Å². The van der Waals surface area contributed by atoms with E-state index in [0.29, 0.717) is 0 Å². The summed E-state index contributed by atoms with van der Waals surface area (Å²) in [5.74, 6) is -1.49. The lowest BCUT2D eigenvalue weighted by atomic mass is 10.1. The third kappa shape index (κ3) is 4.60. The number of hydrogen-bond acceptors (Lipinski definition) is 4. The molecule has 0 aliphatic rings. The molecule has 0 aliphatic carbocycles. The lowest BCUT2D eigenvalue weighted by Gasteiger charge is -2.14. The predicted molar refractivity (Wildman–Crippen MR) is 65.2 cm³/mol. The van der Waals surface area contributed by atoms with Gasteiger partial charge in [0.15, 0.2) is 0 Å². The van der Waals surface area contributed by atoms with Crippen LogP contribution in [0.15, 0.2) is 24.3 Å². The van der Waals surface area contributed by atoms with E-state index in [4.69, 9.17) is 22.0 Å². The maximum Gasteiger partial charge on any atom is 0.322 e. The molecule has 98 valence electrons. The average Bonchev–Trinajstić information content (AvgIpc) is 2.35. The molecule has 1 rings (SSSR count). The molecule has 0 saturated heterocycles. The van der Waals surface area contributed by atoms with Crippen molar-refractivity contribution in [2.75, 3.05) is 6.54 Å². The Bertz CT molecular complexity index is 422. The van der Waals surface area contributed by atoms with Gasteiger partial charge in [0.25, 0.3) is 0 Å². The second kappa shape index (κ2) is 6.83. The van der Waals surface area contributed by atoms with E-state index in [2.05, 4.69) is 10.2 Å². The van der Waals surface area contributed by atoms with E-state index >= 15 is 0 Å². The normalized spacial score (nSPS) is 11.8. The Balaban J connectivity index is 2.58. The lowest BCUT2D eigenvalue weighted by Crippen LogP contribution is -2.43. The van der Waals surface area contributed by atoms with E-state index in [1.165, 1.54) is 12.1 Å². The second-order valence-corrected chi connectivity index (χ2v) is 3.86. The summed E-state index contributed by atoms with van der Waals surface area (Å²) >= 11 is 5.45. The van der Waals surface area contributed by atoms with Gasteiger partial charge in [-0.05, 0) is 35.9 Å². The van der Waals surface area contributed by atoms with Crippen LogP contribution in [0.3, 0.4) is 0 Å². The van der Waals surface area contributed by atoms with Gasteiger partial charge in [0.05, 0.1) is 0 Å². The molecule has 18 heavy (non-hydrogen) atoms. The van der Waals surface area contributed by atoms with E-state index in [9.17, 15) is 9.59 Å². The second-order valence-electron chi connectivity index (χ2n) is 3.64. The number of aliphatic carboxylic acids is 1. The van der Waals surface area contributed by atoms with Crippen molar-refractivity contribution in [2.24, 2.45) is 0 Å². The van der Waals surface area contributed by atoms with Crippen LogP contribution >= 0.6 is 11.8 Å². The van der Waals surface area contributed by atoms with Crippen LogP contribution in [0, 0.1) is 0 Å². The number of carbonyl (C=O) groups is 2. The summed E-state index contributed by atoms with van der Waals surface area (Å²) in [5.41, 5.74) is 0.788. The fourth-order valence-electron chi connectivity index (χ4n) is 1.33. The Morgan fingerprint density at radius 3 is 2.39 bits per heavy atom. The Morgan fingerprint density at radius 2 is 1.89 bits per heavy atom. The first-order valence-electron chi connectivity index (χ1n) is 5.16. The molecule has 1 amide bonds. The van der Waals surface area contributed by atoms with Gasteiger partial charge in [-0.25, -0.2) is 4.84 Å². The first-order valence-corrected chi connectivity index (χ1v) is 5.54. The summed E-state index contributed by atoms with van der Waals surface area (Å²) in [7, 11) is 0. The van der Waals surface area contributed by atoms with Crippen molar-refractivity contribution in [2.45, 2.75) is 12.5 Å². The highest BCUT2D eigenvalue weighted by molar-refractivity contribution is 6.15. The molecule has 0 bridgehead atoms. The SMILES string of the molecule is O=C(O)CNC(=O)[C@H](Cc1ccc(O)cc1)NCl. The molecule has 0 heterocycles. The Morgan fingerprint density at radius 1 is 1.28 bits per heavy atom. The van der Waals surface area contributed by atoms with Gasteiger partial charge in [-0.1, -0.05) is 12.1 Å². The molecule has 0 fully saturated rings. The Labute approximate surface area is 109 Å². The number of carbonyl (C=O) groups excluding carboxylic acids is 1. The van der Waals surface area contributed by atoms with Gasteiger partial charge in [0, 0.05) is 0 Å². The van der Waals surface area contributed by atoms with Crippen LogP contribution in [0.1, 0.15) is 5.56 Å². The molecule has 1 atom stereocenters.